The number of carbonyl (C=O) groups excluding carboxylic acids is 2. The lowest BCUT2D eigenvalue weighted by atomic mass is 10.1. The molecule has 0 radical (unpaired) electrons. The molecular formula is C19H19F2NO4. The lowest BCUT2D eigenvalue weighted by Crippen LogP contribution is -2.30. The van der Waals surface area contributed by atoms with Gasteiger partial charge in [0.25, 0.3) is 5.91 Å². The number of benzene rings is 2. The second kappa shape index (κ2) is 8.42. The van der Waals surface area contributed by atoms with Crippen LogP contribution in [0.1, 0.15) is 18.1 Å². The van der Waals surface area contributed by atoms with Crippen molar-refractivity contribution in [1.29, 1.82) is 0 Å². The van der Waals surface area contributed by atoms with Crippen LogP contribution in [0.3, 0.4) is 0 Å². The van der Waals surface area contributed by atoms with E-state index >= 15 is 0 Å². The smallest absolute Gasteiger partial charge is 0.311 e. The lowest BCUT2D eigenvalue weighted by molar-refractivity contribution is -0.152. The van der Waals surface area contributed by atoms with E-state index in [1.165, 1.54) is 20.1 Å². The fourth-order valence-corrected chi connectivity index (χ4v) is 2.31. The van der Waals surface area contributed by atoms with Crippen molar-refractivity contribution in [3.05, 3.63) is 59.2 Å². The van der Waals surface area contributed by atoms with Gasteiger partial charge in [-0.15, -0.1) is 0 Å². The average molecular weight is 363 g/mol. The van der Waals surface area contributed by atoms with E-state index in [0.717, 1.165) is 17.7 Å². The normalized spacial score (nSPS) is 11.6. The first-order valence-corrected chi connectivity index (χ1v) is 7.89. The molecule has 138 valence electrons. The predicted octanol–water partition coefficient (Wildman–Crippen LogP) is 3.39. The molecule has 0 spiro atoms. The maximum atomic E-state index is 13.2. The standard InChI is InChI=1S/C19H19F2NO4/c1-11-4-7-17(25-3)13(8-11)9-18(23)26-12(2)19(24)22-14-5-6-15(20)16(21)10-14/h4-8,10,12H,9H2,1-3H3,(H,22,24)/t12-/m1/s1. The van der Waals surface area contributed by atoms with Gasteiger partial charge in [-0.2, -0.15) is 0 Å². The van der Waals surface area contributed by atoms with Gasteiger partial charge in [0.1, 0.15) is 5.75 Å². The number of methoxy groups -OCH3 is 1. The van der Waals surface area contributed by atoms with Crippen molar-refractivity contribution in [3.63, 3.8) is 0 Å². The van der Waals surface area contributed by atoms with Gasteiger partial charge in [0.15, 0.2) is 17.7 Å². The molecule has 0 fully saturated rings. The van der Waals surface area contributed by atoms with E-state index < -0.39 is 29.6 Å². The first-order valence-electron chi connectivity index (χ1n) is 7.89. The molecular weight excluding hydrogens is 344 g/mol. The van der Waals surface area contributed by atoms with E-state index in [-0.39, 0.29) is 12.1 Å². The molecule has 1 amide bonds. The fourth-order valence-electron chi connectivity index (χ4n) is 2.31. The molecule has 26 heavy (non-hydrogen) atoms. The first kappa shape index (κ1) is 19.4. The molecule has 0 aliphatic heterocycles. The van der Waals surface area contributed by atoms with Crippen LogP contribution >= 0.6 is 0 Å². The van der Waals surface area contributed by atoms with E-state index in [4.69, 9.17) is 9.47 Å². The van der Waals surface area contributed by atoms with Crippen LogP contribution in [0, 0.1) is 18.6 Å². The Labute approximate surface area is 149 Å². The highest BCUT2D eigenvalue weighted by atomic mass is 19.2. The summed E-state index contributed by atoms with van der Waals surface area (Å²) in [6.07, 6.45) is -1.17. The summed E-state index contributed by atoms with van der Waals surface area (Å²) in [4.78, 5) is 24.1. The summed E-state index contributed by atoms with van der Waals surface area (Å²) in [6, 6.07) is 8.35. The monoisotopic (exact) mass is 363 g/mol. The number of nitrogens with one attached hydrogen (secondary N) is 1. The minimum Gasteiger partial charge on any atom is -0.496 e. The molecule has 5 nitrogen and oxygen atoms in total. The maximum Gasteiger partial charge on any atom is 0.311 e. The van der Waals surface area contributed by atoms with Crippen molar-refractivity contribution in [2.75, 3.05) is 12.4 Å². The van der Waals surface area contributed by atoms with Gasteiger partial charge in [0, 0.05) is 17.3 Å². The van der Waals surface area contributed by atoms with Crippen LogP contribution in [-0.2, 0) is 20.7 Å². The Morgan fingerprint density at radius 1 is 1.12 bits per heavy atom. The highest BCUT2D eigenvalue weighted by Gasteiger charge is 2.19. The number of anilines is 1. The highest BCUT2D eigenvalue weighted by molar-refractivity contribution is 5.95. The second-order valence-electron chi connectivity index (χ2n) is 5.74. The second-order valence-corrected chi connectivity index (χ2v) is 5.74. The van der Waals surface area contributed by atoms with Crippen LogP contribution in [-0.4, -0.2) is 25.1 Å². The molecule has 2 aromatic rings. The molecule has 2 rings (SSSR count). The summed E-state index contributed by atoms with van der Waals surface area (Å²) in [6.45, 7) is 3.27. The Kier molecular flexibility index (Phi) is 6.27. The SMILES string of the molecule is COc1ccc(C)cc1CC(=O)O[C@H](C)C(=O)Nc1ccc(F)c(F)c1. The third-order valence-electron chi connectivity index (χ3n) is 3.64. The minimum atomic E-state index is -1.11. The Bertz CT molecular complexity index is 823. The molecule has 0 heterocycles. The Balaban J connectivity index is 1.96. The largest absolute Gasteiger partial charge is 0.496 e. The molecule has 0 aliphatic carbocycles. The van der Waals surface area contributed by atoms with Gasteiger partial charge in [-0.05, 0) is 32.0 Å². The third kappa shape index (κ3) is 5.02. The van der Waals surface area contributed by atoms with Gasteiger partial charge < -0.3 is 14.8 Å². The quantitative estimate of drug-likeness (QED) is 0.799. The molecule has 0 unspecified atom stereocenters. The number of rotatable bonds is 6. The first-order chi connectivity index (χ1) is 12.3. The number of carbonyl (C=O) groups is 2. The van der Waals surface area contributed by atoms with Crippen molar-refractivity contribution >= 4 is 17.6 Å². The van der Waals surface area contributed by atoms with Crippen LogP contribution in [0.4, 0.5) is 14.5 Å². The van der Waals surface area contributed by atoms with Crippen LogP contribution in [0.2, 0.25) is 0 Å². The summed E-state index contributed by atoms with van der Waals surface area (Å²) in [7, 11) is 1.50. The van der Waals surface area contributed by atoms with Crippen molar-refractivity contribution in [2.45, 2.75) is 26.4 Å². The van der Waals surface area contributed by atoms with E-state index in [1.54, 1.807) is 12.1 Å². The zero-order valence-corrected chi connectivity index (χ0v) is 14.6. The van der Waals surface area contributed by atoms with Crippen molar-refractivity contribution in [2.24, 2.45) is 0 Å². The van der Waals surface area contributed by atoms with E-state index in [0.29, 0.717) is 11.3 Å². The molecule has 7 heteroatoms. The minimum absolute atomic E-state index is 0.0619. The summed E-state index contributed by atoms with van der Waals surface area (Å²) in [5.41, 5.74) is 1.67. The summed E-state index contributed by atoms with van der Waals surface area (Å²) < 4.78 is 36.4. The van der Waals surface area contributed by atoms with Crippen LogP contribution in [0.15, 0.2) is 36.4 Å². The van der Waals surface area contributed by atoms with E-state index in [9.17, 15) is 18.4 Å². The molecule has 1 atom stereocenters. The Morgan fingerprint density at radius 2 is 1.85 bits per heavy atom. The number of amides is 1. The number of halogens is 2. The Morgan fingerprint density at radius 3 is 2.50 bits per heavy atom. The van der Waals surface area contributed by atoms with Crippen molar-refractivity contribution in [3.8, 4) is 5.75 Å². The molecule has 0 saturated carbocycles. The average Bonchev–Trinajstić information content (AvgIpc) is 2.58. The van der Waals surface area contributed by atoms with E-state index in [1.807, 2.05) is 13.0 Å². The van der Waals surface area contributed by atoms with Gasteiger partial charge in [0.2, 0.25) is 0 Å². The number of esters is 1. The van der Waals surface area contributed by atoms with Gasteiger partial charge >= 0.3 is 5.97 Å². The van der Waals surface area contributed by atoms with Crippen molar-refractivity contribution < 1.29 is 27.8 Å². The molecule has 0 saturated heterocycles. The van der Waals surface area contributed by atoms with Crippen LogP contribution < -0.4 is 10.1 Å². The van der Waals surface area contributed by atoms with Crippen LogP contribution in [0.5, 0.6) is 5.75 Å². The predicted molar refractivity (Wildman–Crippen MR) is 92.0 cm³/mol. The summed E-state index contributed by atoms with van der Waals surface area (Å²) in [5.74, 6) is -2.82. The van der Waals surface area contributed by atoms with E-state index in [2.05, 4.69) is 5.32 Å². The van der Waals surface area contributed by atoms with Gasteiger partial charge in [-0.25, -0.2) is 8.78 Å². The number of hydrogen-bond donors (Lipinski definition) is 1. The van der Waals surface area contributed by atoms with Gasteiger partial charge in [-0.1, -0.05) is 17.7 Å². The number of hydrogen-bond acceptors (Lipinski definition) is 4. The maximum absolute atomic E-state index is 13.2. The fraction of sp³-hybridized carbons (Fsp3) is 0.263. The van der Waals surface area contributed by atoms with Gasteiger partial charge in [0.05, 0.1) is 13.5 Å². The highest BCUT2D eigenvalue weighted by Crippen LogP contribution is 2.21. The van der Waals surface area contributed by atoms with Crippen molar-refractivity contribution in [1.82, 2.24) is 0 Å². The zero-order chi connectivity index (χ0) is 19.3. The molecule has 0 aliphatic rings. The Hall–Kier alpha value is -2.96. The third-order valence-corrected chi connectivity index (χ3v) is 3.64. The summed E-state index contributed by atoms with van der Waals surface area (Å²) in [5, 5.41) is 2.36. The molecule has 0 aromatic heterocycles. The summed E-state index contributed by atoms with van der Waals surface area (Å²) >= 11 is 0. The number of aryl methyl sites for hydroxylation is 1. The topological polar surface area (TPSA) is 64.6 Å². The number of ether oxygens (including phenoxy) is 2. The molecule has 2 aromatic carbocycles. The van der Waals surface area contributed by atoms with Crippen LogP contribution in [0.25, 0.3) is 0 Å². The zero-order valence-electron chi connectivity index (χ0n) is 14.6. The molecule has 1 N–H and O–H groups in total. The lowest BCUT2D eigenvalue weighted by Gasteiger charge is -2.15. The van der Waals surface area contributed by atoms with Gasteiger partial charge in [-0.3, -0.25) is 9.59 Å². The molecule has 0 bridgehead atoms.